The molecular weight excluding hydrogens is 281 g/mol. The number of carboxylic acid groups (broad SMARTS) is 1. The Morgan fingerprint density at radius 1 is 1.62 bits per heavy atom. The van der Waals surface area contributed by atoms with Gasteiger partial charge in [-0.15, -0.1) is 0 Å². The second kappa shape index (κ2) is 3.61. The van der Waals surface area contributed by atoms with Gasteiger partial charge >= 0.3 is 5.97 Å². The highest BCUT2D eigenvalue weighted by molar-refractivity contribution is 14.1. The minimum Gasteiger partial charge on any atom is -0.481 e. The van der Waals surface area contributed by atoms with Crippen molar-refractivity contribution in [2.24, 2.45) is 0 Å². The first-order valence-electron chi connectivity index (χ1n) is 3.80. The quantitative estimate of drug-likeness (QED) is 0.848. The van der Waals surface area contributed by atoms with Gasteiger partial charge in [-0.3, -0.25) is 9.78 Å². The van der Waals surface area contributed by atoms with E-state index < -0.39 is 11.4 Å². The van der Waals surface area contributed by atoms with Crippen molar-refractivity contribution in [1.29, 1.82) is 0 Å². The Morgan fingerprint density at radius 2 is 2.23 bits per heavy atom. The largest absolute Gasteiger partial charge is 0.481 e. The van der Waals surface area contributed by atoms with Crippen molar-refractivity contribution >= 4 is 28.6 Å². The molecule has 13 heavy (non-hydrogen) atoms. The topological polar surface area (TPSA) is 50.2 Å². The Labute approximate surface area is 90.3 Å². The molecule has 0 aliphatic rings. The van der Waals surface area contributed by atoms with Crippen molar-refractivity contribution in [3.05, 3.63) is 27.6 Å². The van der Waals surface area contributed by atoms with Crippen LogP contribution in [-0.2, 0) is 10.2 Å². The number of pyridine rings is 1. The van der Waals surface area contributed by atoms with E-state index in [2.05, 4.69) is 27.6 Å². The number of hydrogen-bond donors (Lipinski definition) is 1. The van der Waals surface area contributed by atoms with Crippen LogP contribution >= 0.6 is 22.6 Å². The van der Waals surface area contributed by atoms with Gasteiger partial charge in [0.25, 0.3) is 0 Å². The zero-order valence-corrected chi connectivity index (χ0v) is 9.57. The van der Waals surface area contributed by atoms with Crippen molar-refractivity contribution in [2.45, 2.75) is 19.3 Å². The first kappa shape index (κ1) is 10.4. The monoisotopic (exact) mass is 291 g/mol. The van der Waals surface area contributed by atoms with Crippen LogP contribution in [-0.4, -0.2) is 16.1 Å². The fraction of sp³-hybridized carbons (Fsp3) is 0.333. The normalized spacial score (nSPS) is 11.3. The number of rotatable bonds is 2. The maximum Gasteiger partial charge on any atom is 0.315 e. The van der Waals surface area contributed by atoms with Gasteiger partial charge < -0.3 is 5.11 Å². The highest BCUT2D eigenvalue weighted by atomic mass is 127. The highest BCUT2D eigenvalue weighted by Crippen LogP contribution is 2.22. The molecule has 4 heteroatoms. The molecule has 1 rings (SSSR count). The van der Waals surface area contributed by atoms with Gasteiger partial charge in [-0.25, -0.2) is 0 Å². The van der Waals surface area contributed by atoms with Gasteiger partial charge in [-0.05, 0) is 48.6 Å². The molecule has 1 heterocycles. The molecule has 70 valence electrons. The van der Waals surface area contributed by atoms with E-state index in [4.69, 9.17) is 5.11 Å². The van der Waals surface area contributed by atoms with Crippen LogP contribution in [0.5, 0.6) is 0 Å². The summed E-state index contributed by atoms with van der Waals surface area (Å²) in [6.45, 7) is 3.29. The second-order valence-electron chi connectivity index (χ2n) is 3.29. The van der Waals surface area contributed by atoms with Crippen molar-refractivity contribution in [3.8, 4) is 0 Å². The molecule has 0 unspecified atom stereocenters. The summed E-state index contributed by atoms with van der Waals surface area (Å²) in [6, 6.07) is 3.62. The van der Waals surface area contributed by atoms with Gasteiger partial charge in [0.05, 0.1) is 5.69 Å². The fourth-order valence-electron chi connectivity index (χ4n) is 0.856. The van der Waals surface area contributed by atoms with Gasteiger partial charge in [-0.2, -0.15) is 0 Å². The third-order valence-corrected chi connectivity index (χ3v) is 2.57. The summed E-state index contributed by atoms with van der Waals surface area (Å²) >= 11 is 2.14. The third kappa shape index (κ3) is 2.18. The molecule has 0 amide bonds. The van der Waals surface area contributed by atoms with Crippen molar-refractivity contribution in [3.63, 3.8) is 0 Å². The molecule has 1 aromatic heterocycles. The Kier molecular flexibility index (Phi) is 2.90. The lowest BCUT2D eigenvalue weighted by Gasteiger charge is -2.18. The Bertz CT molecular complexity index is 336. The maximum atomic E-state index is 10.9. The maximum absolute atomic E-state index is 10.9. The number of halogens is 1. The summed E-state index contributed by atoms with van der Waals surface area (Å²) in [4.78, 5) is 14.9. The van der Waals surface area contributed by atoms with Crippen LogP contribution in [0.2, 0.25) is 0 Å². The van der Waals surface area contributed by atoms with E-state index in [1.54, 1.807) is 26.1 Å². The summed E-state index contributed by atoms with van der Waals surface area (Å²) < 4.78 is 0.997. The predicted octanol–water partition coefficient (Wildman–Crippen LogP) is 2.05. The lowest BCUT2D eigenvalue weighted by Crippen LogP contribution is -2.29. The van der Waals surface area contributed by atoms with E-state index in [1.165, 1.54) is 0 Å². The summed E-state index contributed by atoms with van der Waals surface area (Å²) in [5, 5.41) is 8.94. The van der Waals surface area contributed by atoms with Crippen molar-refractivity contribution in [2.75, 3.05) is 0 Å². The zero-order chi connectivity index (χ0) is 10.1. The van der Waals surface area contributed by atoms with Crippen LogP contribution in [0, 0.1) is 3.57 Å². The highest BCUT2D eigenvalue weighted by Gasteiger charge is 2.30. The fourth-order valence-corrected chi connectivity index (χ4v) is 1.31. The predicted molar refractivity (Wildman–Crippen MR) is 57.6 cm³/mol. The van der Waals surface area contributed by atoms with Crippen LogP contribution in [0.3, 0.4) is 0 Å². The van der Waals surface area contributed by atoms with Crippen LogP contribution in [0.1, 0.15) is 19.5 Å². The van der Waals surface area contributed by atoms with Gasteiger partial charge in [0, 0.05) is 9.77 Å². The molecule has 0 saturated carbocycles. The van der Waals surface area contributed by atoms with Crippen LogP contribution in [0.4, 0.5) is 0 Å². The summed E-state index contributed by atoms with van der Waals surface area (Å²) in [5.41, 5.74) is -0.326. The summed E-state index contributed by atoms with van der Waals surface area (Å²) in [6.07, 6.45) is 1.63. The number of nitrogens with zero attached hydrogens (tertiary/aromatic N) is 1. The Hall–Kier alpha value is -0.650. The molecule has 0 fully saturated rings. The van der Waals surface area contributed by atoms with E-state index >= 15 is 0 Å². The van der Waals surface area contributed by atoms with Crippen molar-refractivity contribution < 1.29 is 9.90 Å². The molecule has 1 N–H and O–H groups in total. The molecule has 0 spiro atoms. The molecule has 1 aromatic rings. The van der Waals surface area contributed by atoms with Gasteiger partial charge in [0.15, 0.2) is 0 Å². The average molecular weight is 291 g/mol. The van der Waals surface area contributed by atoms with Crippen molar-refractivity contribution in [1.82, 2.24) is 4.98 Å². The number of aliphatic carboxylic acids is 1. The minimum atomic E-state index is -0.915. The lowest BCUT2D eigenvalue weighted by atomic mass is 9.89. The molecule has 0 bridgehead atoms. The number of carboxylic acids is 1. The van der Waals surface area contributed by atoms with Crippen LogP contribution in [0.15, 0.2) is 18.3 Å². The minimum absolute atomic E-state index is 0.590. The molecule has 0 aliphatic carbocycles. The molecular formula is C9H10INO2. The molecule has 0 aliphatic heterocycles. The Morgan fingerprint density at radius 3 is 2.69 bits per heavy atom. The first-order valence-corrected chi connectivity index (χ1v) is 4.88. The zero-order valence-electron chi connectivity index (χ0n) is 7.41. The van der Waals surface area contributed by atoms with E-state index in [-0.39, 0.29) is 0 Å². The average Bonchev–Trinajstić information content (AvgIpc) is 2.04. The van der Waals surface area contributed by atoms with E-state index in [0.29, 0.717) is 5.69 Å². The molecule has 3 nitrogen and oxygen atoms in total. The second-order valence-corrected chi connectivity index (χ2v) is 4.54. The lowest BCUT2D eigenvalue weighted by molar-refractivity contribution is -0.142. The van der Waals surface area contributed by atoms with Crippen LogP contribution < -0.4 is 0 Å². The van der Waals surface area contributed by atoms with E-state index in [1.807, 2.05) is 6.07 Å². The van der Waals surface area contributed by atoms with Crippen LogP contribution in [0.25, 0.3) is 0 Å². The summed E-state index contributed by atoms with van der Waals surface area (Å²) in [5.74, 6) is -0.859. The molecule has 0 radical (unpaired) electrons. The molecule has 0 atom stereocenters. The van der Waals surface area contributed by atoms with E-state index in [9.17, 15) is 4.79 Å². The first-order chi connectivity index (χ1) is 5.94. The Balaban J connectivity index is 3.14. The molecule has 0 aromatic carbocycles. The SMILES string of the molecule is CC(C)(C(=O)O)c1cc(I)ccn1. The molecule has 0 saturated heterocycles. The van der Waals surface area contributed by atoms with Gasteiger partial charge in [0.1, 0.15) is 5.41 Å². The van der Waals surface area contributed by atoms with Gasteiger partial charge in [0.2, 0.25) is 0 Å². The third-order valence-electron chi connectivity index (χ3n) is 1.90. The number of carbonyl (C=O) groups is 1. The standard InChI is InChI=1S/C9H10INO2/c1-9(2,8(12)13)7-5-6(10)3-4-11-7/h3-5H,1-2H3,(H,12,13). The number of hydrogen-bond acceptors (Lipinski definition) is 2. The van der Waals surface area contributed by atoms with E-state index in [0.717, 1.165) is 3.57 Å². The summed E-state index contributed by atoms with van der Waals surface area (Å²) in [7, 11) is 0. The van der Waals surface area contributed by atoms with Gasteiger partial charge in [-0.1, -0.05) is 0 Å². The smallest absolute Gasteiger partial charge is 0.315 e. The number of aromatic nitrogens is 1.